The van der Waals surface area contributed by atoms with Gasteiger partial charge in [-0.05, 0) is 54.2 Å². The number of carbonyl (C=O) groups is 4. The molecule has 2 amide bonds. The zero-order chi connectivity index (χ0) is 35.1. The maximum atomic E-state index is 13.9. The van der Waals surface area contributed by atoms with Gasteiger partial charge < -0.3 is 16.2 Å². The van der Waals surface area contributed by atoms with E-state index in [-0.39, 0.29) is 48.1 Å². The van der Waals surface area contributed by atoms with Crippen molar-refractivity contribution in [3.05, 3.63) is 78.0 Å². The molecule has 9 heteroatoms. The van der Waals surface area contributed by atoms with Gasteiger partial charge in [-0.1, -0.05) is 94.6 Å². The molecule has 4 N–H and O–H groups in total. The van der Waals surface area contributed by atoms with E-state index in [4.69, 9.17) is 5.73 Å². The molecule has 1 aliphatic heterocycles. The van der Waals surface area contributed by atoms with E-state index in [2.05, 4.69) is 36.0 Å². The molecule has 0 spiro atoms. The highest BCUT2D eigenvalue weighted by atomic mass is 16.3. The van der Waals surface area contributed by atoms with Crippen LogP contribution >= 0.6 is 0 Å². The van der Waals surface area contributed by atoms with Crippen molar-refractivity contribution in [3.8, 4) is 0 Å². The van der Waals surface area contributed by atoms with Crippen LogP contribution in [0.5, 0.6) is 0 Å². The molecule has 2 heterocycles. The number of fused-ring (bicyclic) bond motifs is 2. The number of aliphatic hydroxyl groups is 1. The Labute approximate surface area is 290 Å². The average Bonchev–Trinajstić information content (AvgIpc) is 3.06. The van der Waals surface area contributed by atoms with Crippen molar-refractivity contribution in [2.75, 3.05) is 13.1 Å². The topological polar surface area (TPSA) is 143 Å². The number of aromatic nitrogens is 1. The number of β-amino-alcohol motifs (C(OH)–C–C–N with tert-alkyl or cyclic N) is 1. The third-order valence-corrected chi connectivity index (χ3v) is 10.2. The summed E-state index contributed by atoms with van der Waals surface area (Å²) in [4.78, 5) is 59.8. The molecule has 49 heavy (non-hydrogen) atoms. The lowest BCUT2D eigenvalue weighted by Gasteiger charge is -2.47. The molecule has 2 aliphatic rings. The van der Waals surface area contributed by atoms with Crippen molar-refractivity contribution in [1.82, 2.24) is 15.2 Å². The number of ketones is 2. The quantitative estimate of drug-likeness (QED) is 0.199. The summed E-state index contributed by atoms with van der Waals surface area (Å²) in [6.07, 6.45) is 4.64. The first-order valence-electron chi connectivity index (χ1n) is 17.8. The summed E-state index contributed by atoms with van der Waals surface area (Å²) >= 11 is 0. The highest BCUT2D eigenvalue weighted by Gasteiger charge is 2.42. The van der Waals surface area contributed by atoms with Gasteiger partial charge in [0.25, 0.3) is 0 Å². The van der Waals surface area contributed by atoms with Crippen LogP contribution in [0, 0.1) is 23.2 Å². The maximum Gasteiger partial charge on any atom is 0.224 e. The van der Waals surface area contributed by atoms with Crippen LogP contribution in [0.4, 0.5) is 0 Å². The second-order valence-electron chi connectivity index (χ2n) is 15.5. The highest BCUT2D eigenvalue weighted by Crippen LogP contribution is 2.40. The van der Waals surface area contributed by atoms with Crippen molar-refractivity contribution in [1.29, 1.82) is 0 Å². The first kappa shape index (κ1) is 36.3. The van der Waals surface area contributed by atoms with Crippen LogP contribution in [-0.4, -0.2) is 69.6 Å². The number of likely N-dealkylation sites (tertiary alicyclic amines) is 1. The summed E-state index contributed by atoms with van der Waals surface area (Å²) in [5, 5.41) is 15.8. The van der Waals surface area contributed by atoms with Crippen LogP contribution in [-0.2, 0) is 20.8 Å². The molecule has 2 fully saturated rings. The number of hydrogen-bond donors (Lipinski definition) is 3. The summed E-state index contributed by atoms with van der Waals surface area (Å²) in [6, 6.07) is 19.4. The maximum absolute atomic E-state index is 13.9. The summed E-state index contributed by atoms with van der Waals surface area (Å²) in [5.74, 6) is -1.44. The van der Waals surface area contributed by atoms with Crippen LogP contribution in [0.3, 0.4) is 0 Å². The first-order chi connectivity index (χ1) is 23.4. The third kappa shape index (κ3) is 10.0. The summed E-state index contributed by atoms with van der Waals surface area (Å²) in [6.45, 7) is 7.19. The fraction of sp³-hybridized carbons (Fsp3) is 0.525. The summed E-state index contributed by atoms with van der Waals surface area (Å²) in [7, 11) is 0. The molecule has 0 bridgehead atoms. The van der Waals surface area contributed by atoms with E-state index in [0.717, 1.165) is 36.8 Å². The molecule has 2 aromatic carbocycles. The second kappa shape index (κ2) is 16.2. The zero-order valence-corrected chi connectivity index (χ0v) is 29.1. The van der Waals surface area contributed by atoms with E-state index in [1.54, 1.807) is 12.1 Å². The second-order valence-corrected chi connectivity index (χ2v) is 15.5. The van der Waals surface area contributed by atoms with Crippen molar-refractivity contribution in [3.63, 3.8) is 0 Å². The van der Waals surface area contributed by atoms with Gasteiger partial charge in [-0.25, -0.2) is 4.98 Å². The van der Waals surface area contributed by atoms with E-state index >= 15 is 0 Å². The number of nitrogens with two attached hydrogens (primary N) is 1. The number of para-hydroxylation sites is 1. The number of Topliss-reactive ketones (excluding diaryl/α,β-unsaturated/α-hetero) is 2. The molecule has 5 rings (SSSR count). The predicted molar refractivity (Wildman–Crippen MR) is 191 cm³/mol. The van der Waals surface area contributed by atoms with Gasteiger partial charge in [0.05, 0.1) is 29.6 Å². The lowest BCUT2D eigenvalue weighted by molar-refractivity contribution is -0.132. The Morgan fingerprint density at radius 1 is 0.939 bits per heavy atom. The molecule has 1 unspecified atom stereocenters. The van der Waals surface area contributed by atoms with E-state index in [9.17, 15) is 24.3 Å². The number of primary amides is 1. The summed E-state index contributed by atoms with van der Waals surface area (Å²) in [5.41, 5.74) is 7.20. The van der Waals surface area contributed by atoms with Crippen molar-refractivity contribution >= 4 is 34.3 Å². The van der Waals surface area contributed by atoms with Crippen LogP contribution in [0.25, 0.3) is 10.9 Å². The standard InChI is InChI=1S/C40H52N4O5/c1-40(2,3)23-36(46)34-20-28-14-7-8-15-29(28)24-44(34)25-37(47)33(19-26-11-5-4-6-12-26)43-39(49)30(22-38(41)48)21-35(45)32-18-17-27-13-9-10-16-31(27)42-32/h4-6,9-13,16-18,28-30,33-34,37,47H,7-8,14-15,19-25H2,1-3H3,(H2,41,48)(H,43,49)/t28-,29+,30-,33-,34?,37+/m0/s1. The van der Waals surface area contributed by atoms with E-state index in [0.29, 0.717) is 30.2 Å². The van der Waals surface area contributed by atoms with Gasteiger partial charge in [-0.2, -0.15) is 0 Å². The number of carbonyl (C=O) groups excluding carboxylic acids is 4. The average molecular weight is 669 g/mol. The number of rotatable bonds is 14. The van der Waals surface area contributed by atoms with Crippen LogP contribution < -0.4 is 11.1 Å². The van der Waals surface area contributed by atoms with Gasteiger partial charge in [0, 0.05) is 37.7 Å². The Hall–Kier alpha value is -3.95. The van der Waals surface area contributed by atoms with Gasteiger partial charge >= 0.3 is 0 Å². The number of aliphatic hydroxyl groups excluding tert-OH is 1. The van der Waals surface area contributed by atoms with E-state index in [1.807, 2.05) is 54.6 Å². The van der Waals surface area contributed by atoms with E-state index < -0.39 is 29.9 Å². The summed E-state index contributed by atoms with van der Waals surface area (Å²) < 4.78 is 0. The minimum Gasteiger partial charge on any atom is -0.390 e. The van der Waals surface area contributed by atoms with Crippen molar-refractivity contribution < 1.29 is 24.3 Å². The highest BCUT2D eigenvalue weighted by molar-refractivity contribution is 5.99. The SMILES string of the molecule is CC(C)(C)CC(=O)C1C[C@@H]2CCCC[C@@H]2CN1C[C@@H](O)[C@H](Cc1ccccc1)NC(=O)[C@H](CC(N)=O)CC(=O)c1ccc2ccccc2n1. The van der Waals surface area contributed by atoms with Crippen molar-refractivity contribution in [2.24, 2.45) is 28.9 Å². The molecule has 1 saturated heterocycles. The zero-order valence-electron chi connectivity index (χ0n) is 29.1. The third-order valence-electron chi connectivity index (χ3n) is 10.2. The number of amides is 2. The molecular formula is C40H52N4O5. The van der Waals surface area contributed by atoms with Gasteiger partial charge in [0.2, 0.25) is 11.8 Å². The largest absolute Gasteiger partial charge is 0.390 e. The molecule has 9 nitrogen and oxygen atoms in total. The predicted octanol–water partition coefficient (Wildman–Crippen LogP) is 5.27. The van der Waals surface area contributed by atoms with Crippen LogP contribution in [0.2, 0.25) is 0 Å². The Morgan fingerprint density at radius 2 is 1.63 bits per heavy atom. The Morgan fingerprint density at radius 3 is 2.35 bits per heavy atom. The molecule has 6 atom stereocenters. The van der Waals surface area contributed by atoms with Gasteiger partial charge in [-0.3, -0.25) is 24.1 Å². The van der Waals surface area contributed by atoms with Gasteiger partial charge in [-0.15, -0.1) is 0 Å². The fourth-order valence-electron chi connectivity index (χ4n) is 7.75. The number of nitrogens with zero attached hydrogens (tertiary/aromatic N) is 2. The normalized spacial score (nSPS) is 21.7. The Kier molecular flexibility index (Phi) is 12.0. The molecule has 1 saturated carbocycles. The number of nitrogens with one attached hydrogen (secondary N) is 1. The Bertz CT molecular complexity index is 1620. The number of benzene rings is 2. The van der Waals surface area contributed by atoms with Crippen molar-refractivity contribution in [2.45, 2.75) is 96.7 Å². The Balaban J connectivity index is 1.35. The number of piperidine rings is 1. The first-order valence-corrected chi connectivity index (χ1v) is 17.8. The molecule has 1 aromatic heterocycles. The smallest absolute Gasteiger partial charge is 0.224 e. The lowest BCUT2D eigenvalue weighted by Crippen LogP contribution is -2.57. The minimum absolute atomic E-state index is 0.149. The number of hydrogen-bond acceptors (Lipinski definition) is 7. The van der Waals surface area contributed by atoms with Crippen LogP contribution in [0.1, 0.15) is 88.2 Å². The monoisotopic (exact) mass is 668 g/mol. The molecule has 1 aliphatic carbocycles. The molecule has 262 valence electrons. The minimum atomic E-state index is -1.04. The fourth-order valence-corrected chi connectivity index (χ4v) is 7.75. The molecule has 3 aromatic rings. The van der Waals surface area contributed by atoms with Gasteiger partial charge in [0.1, 0.15) is 11.5 Å². The molecule has 0 radical (unpaired) electrons. The van der Waals surface area contributed by atoms with Gasteiger partial charge in [0.15, 0.2) is 5.78 Å². The van der Waals surface area contributed by atoms with E-state index in [1.165, 1.54) is 12.8 Å². The number of pyridine rings is 1. The van der Waals surface area contributed by atoms with Crippen LogP contribution in [0.15, 0.2) is 66.7 Å². The lowest BCUT2D eigenvalue weighted by atomic mass is 9.71. The molecular weight excluding hydrogens is 616 g/mol.